The van der Waals surface area contributed by atoms with Gasteiger partial charge in [0.25, 0.3) is 5.91 Å². The van der Waals surface area contributed by atoms with Crippen LogP contribution in [0.5, 0.6) is 11.5 Å². The predicted octanol–water partition coefficient (Wildman–Crippen LogP) is 5.42. The lowest BCUT2D eigenvalue weighted by molar-refractivity contribution is -0.274. The number of carbonyl (C=O) groups excluding carboxylic acids is 1. The molecular formula is C23H19F4NO5S2. The summed E-state index contributed by atoms with van der Waals surface area (Å²) in [5.74, 6) is -1.66. The van der Waals surface area contributed by atoms with E-state index >= 15 is 0 Å². The van der Waals surface area contributed by atoms with Gasteiger partial charge in [-0.05, 0) is 60.5 Å². The summed E-state index contributed by atoms with van der Waals surface area (Å²) in [6.07, 6.45) is -3.39. The first kappa shape index (κ1) is 26.4. The molecule has 186 valence electrons. The molecule has 1 amide bonds. The number of amides is 1. The van der Waals surface area contributed by atoms with E-state index in [1.165, 1.54) is 54.2 Å². The van der Waals surface area contributed by atoms with Crippen molar-refractivity contribution in [2.45, 2.75) is 22.6 Å². The molecule has 3 aromatic carbocycles. The van der Waals surface area contributed by atoms with Crippen LogP contribution in [0.1, 0.15) is 15.9 Å². The number of hydrogen-bond acceptors (Lipinski definition) is 6. The Bertz CT molecular complexity index is 1330. The van der Waals surface area contributed by atoms with E-state index < -0.39 is 33.7 Å². The van der Waals surface area contributed by atoms with Crippen LogP contribution < -0.4 is 10.1 Å². The smallest absolute Gasteiger partial charge is 0.507 e. The third kappa shape index (κ3) is 7.62. The number of benzene rings is 3. The Balaban J connectivity index is 1.59. The molecular weight excluding hydrogens is 510 g/mol. The molecule has 3 aromatic rings. The average molecular weight is 530 g/mol. The number of anilines is 1. The normalized spacial score (nSPS) is 11.8. The van der Waals surface area contributed by atoms with Crippen molar-refractivity contribution >= 4 is 33.2 Å². The molecule has 6 nitrogen and oxygen atoms in total. The Morgan fingerprint density at radius 3 is 2.34 bits per heavy atom. The molecule has 3 rings (SSSR count). The highest BCUT2D eigenvalue weighted by molar-refractivity contribution is 7.99. The summed E-state index contributed by atoms with van der Waals surface area (Å²) >= 11 is 1.17. The maximum absolute atomic E-state index is 14.5. The molecule has 0 saturated heterocycles. The summed E-state index contributed by atoms with van der Waals surface area (Å²) in [6.45, 7) is 0. The number of phenols is 1. The third-order valence-corrected chi connectivity index (χ3v) is 6.79. The van der Waals surface area contributed by atoms with Crippen molar-refractivity contribution in [3.8, 4) is 11.5 Å². The van der Waals surface area contributed by atoms with Crippen molar-refractivity contribution in [1.82, 2.24) is 0 Å². The highest BCUT2D eigenvalue weighted by Gasteiger charge is 2.30. The number of nitrogens with one attached hydrogen (secondary N) is 1. The molecule has 0 aliphatic heterocycles. The lowest BCUT2D eigenvalue weighted by Gasteiger charge is -2.10. The lowest BCUT2D eigenvalue weighted by atomic mass is 10.2. The van der Waals surface area contributed by atoms with Gasteiger partial charge < -0.3 is 15.2 Å². The average Bonchev–Trinajstić information content (AvgIpc) is 2.75. The van der Waals surface area contributed by atoms with Gasteiger partial charge >= 0.3 is 6.36 Å². The van der Waals surface area contributed by atoms with Crippen molar-refractivity contribution in [1.29, 1.82) is 0 Å². The van der Waals surface area contributed by atoms with Crippen LogP contribution in [0.25, 0.3) is 0 Å². The Kier molecular flexibility index (Phi) is 7.96. The number of hydrogen-bond donors (Lipinski definition) is 2. The van der Waals surface area contributed by atoms with Gasteiger partial charge in [-0.25, -0.2) is 12.8 Å². The fourth-order valence-corrected chi connectivity index (χ4v) is 4.70. The SMILES string of the molecule is CS(=O)(=O)c1cc(NC(=O)c2ccc(SCCc3ccc(OC(F)(F)F)cc3)c(F)c2)ccc1O. The summed E-state index contributed by atoms with van der Waals surface area (Å²) in [5, 5.41) is 12.2. The van der Waals surface area contributed by atoms with Crippen LogP contribution in [0.2, 0.25) is 0 Å². The van der Waals surface area contributed by atoms with Gasteiger partial charge in [0, 0.05) is 28.2 Å². The number of aromatic hydroxyl groups is 1. The van der Waals surface area contributed by atoms with Crippen LogP contribution in [0.3, 0.4) is 0 Å². The van der Waals surface area contributed by atoms with E-state index in [-0.39, 0.29) is 26.8 Å². The van der Waals surface area contributed by atoms with Gasteiger partial charge in [0.2, 0.25) is 0 Å². The maximum Gasteiger partial charge on any atom is 0.573 e. The molecule has 0 bridgehead atoms. The Hall–Kier alpha value is -3.25. The van der Waals surface area contributed by atoms with Gasteiger partial charge in [0.1, 0.15) is 22.2 Å². The number of phenolic OH excluding ortho intramolecular Hbond substituents is 1. The lowest BCUT2D eigenvalue weighted by Crippen LogP contribution is -2.17. The molecule has 0 atom stereocenters. The van der Waals surface area contributed by atoms with Crippen LogP contribution in [0.15, 0.2) is 70.5 Å². The molecule has 0 radical (unpaired) electrons. The molecule has 35 heavy (non-hydrogen) atoms. The minimum Gasteiger partial charge on any atom is -0.507 e. The van der Waals surface area contributed by atoms with Crippen LogP contribution in [0.4, 0.5) is 23.2 Å². The molecule has 0 fully saturated rings. The zero-order valence-electron chi connectivity index (χ0n) is 18.1. The zero-order chi connectivity index (χ0) is 25.8. The van der Waals surface area contributed by atoms with Crippen molar-refractivity contribution in [3.05, 3.63) is 77.6 Å². The van der Waals surface area contributed by atoms with E-state index in [9.17, 15) is 35.9 Å². The molecule has 0 spiro atoms. The second-order valence-electron chi connectivity index (χ2n) is 7.34. The highest BCUT2D eigenvalue weighted by Crippen LogP contribution is 2.28. The Morgan fingerprint density at radius 2 is 1.74 bits per heavy atom. The fraction of sp³-hybridized carbons (Fsp3) is 0.174. The zero-order valence-corrected chi connectivity index (χ0v) is 19.7. The van der Waals surface area contributed by atoms with E-state index in [0.29, 0.717) is 12.2 Å². The van der Waals surface area contributed by atoms with Crippen LogP contribution in [-0.4, -0.2) is 37.8 Å². The summed E-state index contributed by atoms with van der Waals surface area (Å²) < 4.78 is 78.4. The van der Waals surface area contributed by atoms with Gasteiger partial charge in [0.05, 0.1) is 0 Å². The second-order valence-corrected chi connectivity index (χ2v) is 10.5. The monoisotopic (exact) mass is 529 g/mol. The number of alkyl halides is 3. The fourth-order valence-electron chi connectivity index (χ4n) is 2.99. The predicted molar refractivity (Wildman–Crippen MR) is 123 cm³/mol. The molecule has 12 heteroatoms. The number of carbonyl (C=O) groups is 1. The molecule has 0 aliphatic carbocycles. The Labute approximate surface area is 202 Å². The number of thioether (sulfide) groups is 1. The van der Waals surface area contributed by atoms with Crippen molar-refractivity contribution in [3.63, 3.8) is 0 Å². The van der Waals surface area contributed by atoms with Gasteiger partial charge in [0.15, 0.2) is 9.84 Å². The minimum atomic E-state index is -4.76. The molecule has 0 saturated carbocycles. The topological polar surface area (TPSA) is 92.7 Å². The number of sulfone groups is 1. The number of halogens is 4. The summed E-state index contributed by atoms with van der Waals surface area (Å²) in [5.41, 5.74) is 0.852. The molecule has 0 heterocycles. The van der Waals surface area contributed by atoms with E-state index in [4.69, 9.17) is 0 Å². The molecule has 0 aromatic heterocycles. The maximum atomic E-state index is 14.5. The van der Waals surface area contributed by atoms with E-state index in [2.05, 4.69) is 10.1 Å². The molecule has 2 N–H and O–H groups in total. The van der Waals surface area contributed by atoms with Crippen LogP contribution in [-0.2, 0) is 16.3 Å². The summed E-state index contributed by atoms with van der Waals surface area (Å²) in [6, 6.07) is 12.8. The first-order valence-electron chi connectivity index (χ1n) is 9.93. The van der Waals surface area contributed by atoms with E-state index in [1.54, 1.807) is 0 Å². The van der Waals surface area contributed by atoms with E-state index in [1.807, 2.05) is 0 Å². The quantitative estimate of drug-likeness (QED) is 0.230. The standard InChI is InChI=1S/C23H19F4NO5S2/c1-35(31,32)21-13-16(5-8-19(21)29)28-22(30)15-4-9-20(18(24)12-15)34-11-10-14-2-6-17(7-3-14)33-23(25,26)27/h2-9,12-13,29H,10-11H2,1H3,(H,28,30). The minimum absolute atomic E-state index is 0.00100. The van der Waals surface area contributed by atoms with Gasteiger partial charge in [-0.1, -0.05) is 12.1 Å². The molecule has 0 unspecified atom stereocenters. The largest absolute Gasteiger partial charge is 0.573 e. The summed E-state index contributed by atoms with van der Waals surface area (Å²) in [4.78, 5) is 12.4. The highest BCUT2D eigenvalue weighted by atomic mass is 32.2. The van der Waals surface area contributed by atoms with Crippen molar-refractivity contribution in [2.75, 3.05) is 17.3 Å². The van der Waals surface area contributed by atoms with Crippen molar-refractivity contribution in [2.24, 2.45) is 0 Å². The first-order valence-corrected chi connectivity index (χ1v) is 12.8. The number of rotatable bonds is 8. The van der Waals surface area contributed by atoms with Gasteiger partial charge in [-0.15, -0.1) is 24.9 Å². The number of ether oxygens (including phenoxy) is 1. The number of aryl methyl sites for hydroxylation is 1. The van der Waals surface area contributed by atoms with E-state index in [0.717, 1.165) is 30.0 Å². The first-order chi connectivity index (χ1) is 16.3. The van der Waals surface area contributed by atoms with Gasteiger partial charge in [-0.3, -0.25) is 4.79 Å². The van der Waals surface area contributed by atoms with Crippen LogP contribution in [0, 0.1) is 5.82 Å². The molecule has 0 aliphatic rings. The third-order valence-electron chi connectivity index (χ3n) is 4.62. The Morgan fingerprint density at radius 1 is 1.06 bits per heavy atom. The second kappa shape index (κ2) is 10.6. The summed E-state index contributed by atoms with van der Waals surface area (Å²) in [7, 11) is -3.72. The van der Waals surface area contributed by atoms with Crippen LogP contribution >= 0.6 is 11.8 Å². The van der Waals surface area contributed by atoms with Crippen molar-refractivity contribution < 1.29 is 40.6 Å². The van der Waals surface area contributed by atoms with Gasteiger partial charge in [-0.2, -0.15) is 0 Å².